The average Bonchev–Trinajstić information content (AvgIpc) is 3.34. The van der Waals surface area contributed by atoms with Gasteiger partial charge in [-0.15, -0.1) is 11.3 Å². The van der Waals surface area contributed by atoms with Gasteiger partial charge in [-0.25, -0.2) is 4.99 Å². The van der Waals surface area contributed by atoms with Gasteiger partial charge in [0.05, 0.1) is 29.0 Å². The number of hydrogen-bond donors (Lipinski definition) is 1. The largest absolute Gasteiger partial charge is 0.369 e. The lowest BCUT2D eigenvalue weighted by Gasteiger charge is -2.40. The Bertz CT molecular complexity index is 1370. The zero-order chi connectivity index (χ0) is 24.7. The number of rotatable bonds is 4. The normalized spacial score (nSPS) is 20.4. The number of guanidine groups is 1. The smallest absolute Gasteiger partial charge is 0.239 e. The summed E-state index contributed by atoms with van der Waals surface area (Å²) in [4.78, 5) is 21.6. The number of amides is 1. The minimum Gasteiger partial charge on any atom is -0.369 e. The van der Waals surface area contributed by atoms with Crippen LogP contribution in [-0.4, -0.2) is 23.8 Å². The molecule has 0 aliphatic carbocycles. The molecule has 0 bridgehead atoms. The highest BCUT2D eigenvalue weighted by Gasteiger charge is 2.48. The number of likely N-dealkylation sites (N-methyl/N-ethyl adjacent to an activating group) is 1. The number of aliphatic imine (C=N–C) groups is 1. The van der Waals surface area contributed by atoms with Crippen LogP contribution < -0.4 is 5.73 Å². The van der Waals surface area contributed by atoms with Gasteiger partial charge in [-0.2, -0.15) is 10.5 Å². The summed E-state index contributed by atoms with van der Waals surface area (Å²) in [7, 11) is 1.63. The highest BCUT2D eigenvalue weighted by molar-refractivity contribution is 7.15. The SMILES string of the molecule is CN1C(=O)C(c2ccc(C(C)(C)C#N)cc2)[C@@](C)(c2ccc(-c3cccc(C#N)c3)s2)N=C1N. The second-order valence-corrected chi connectivity index (χ2v) is 10.2. The molecule has 4 rings (SSSR count). The second-order valence-electron chi connectivity index (χ2n) is 9.16. The maximum absolute atomic E-state index is 13.5. The molecule has 0 radical (unpaired) electrons. The van der Waals surface area contributed by atoms with E-state index >= 15 is 0 Å². The van der Waals surface area contributed by atoms with Crippen LogP contribution in [0.3, 0.4) is 0 Å². The molecular weight excluding hydrogens is 442 g/mol. The molecule has 6 nitrogen and oxygen atoms in total. The molecule has 2 heterocycles. The van der Waals surface area contributed by atoms with E-state index in [2.05, 4.69) is 12.1 Å². The number of nitrogens with zero attached hydrogens (tertiary/aromatic N) is 4. The van der Waals surface area contributed by atoms with E-state index in [1.807, 2.05) is 75.4 Å². The van der Waals surface area contributed by atoms with Gasteiger partial charge in [-0.3, -0.25) is 9.69 Å². The van der Waals surface area contributed by atoms with E-state index < -0.39 is 16.9 Å². The molecule has 0 saturated carbocycles. The van der Waals surface area contributed by atoms with Gasteiger partial charge in [0.2, 0.25) is 5.91 Å². The molecule has 1 aliphatic rings. The Morgan fingerprint density at radius 2 is 1.82 bits per heavy atom. The predicted molar refractivity (Wildman–Crippen MR) is 134 cm³/mol. The van der Waals surface area contributed by atoms with Crippen LogP contribution >= 0.6 is 11.3 Å². The van der Waals surface area contributed by atoms with E-state index in [1.54, 1.807) is 13.1 Å². The van der Waals surface area contributed by atoms with Gasteiger partial charge >= 0.3 is 0 Å². The quantitative estimate of drug-likeness (QED) is 0.590. The summed E-state index contributed by atoms with van der Waals surface area (Å²) >= 11 is 1.54. The molecule has 0 saturated heterocycles. The third-order valence-corrected chi connectivity index (χ3v) is 7.82. The summed E-state index contributed by atoms with van der Waals surface area (Å²) < 4.78 is 0. The van der Waals surface area contributed by atoms with Crippen molar-refractivity contribution in [2.24, 2.45) is 10.7 Å². The molecular formula is C27H25N5OS. The molecule has 7 heteroatoms. The van der Waals surface area contributed by atoms with Crippen LogP contribution in [0.5, 0.6) is 0 Å². The third kappa shape index (κ3) is 3.85. The van der Waals surface area contributed by atoms with Gasteiger partial charge in [0.15, 0.2) is 5.96 Å². The first kappa shape index (κ1) is 23.2. The van der Waals surface area contributed by atoms with Crippen LogP contribution in [0.2, 0.25) is 0 Å². The molecule has 3 aromatic rings. The van der Waals surface area contributed by atoms with Crippen LogP contribution in [0.4, 0.5) is 0 Å². The Labute approximate surface area is 203 Å². The molecule has 1 amide bonds. The summed E-state index contributed by atoms with van der Waals surface area (Å²) in [5, 5.41) is 18.7. The lowest BCUT2D eigenvalue weighted by Crippen LogP contribution is -2.52. The molecule has 1 aliphatic heterocycles. The molecule has 1 unspecified atom stereocenters. The lowest BCUT2D eigenvalue weighted by atomic mass is 9.76. The van der Waals surface area contributed by atoms with Crippen molar-refractivity contribution in [2.75, 3.05) is 7.05 Å². The topological polar surface area (TPSA) is 106 Å². The summed E-state index contributed by atoms with van der Waals surface area (Å²) in [6, 6.07) is 23.5. The molecule has 34 heavy (non-hydrogen) atoms. The van der Waals surface area contributed by atoms with Crippen molar-refractivity contribution in [2.45, 2.75) is 37.6 Å². The number of carbonyl (C=O) groups is 1. The number of nitriles is 2. The number of thiophene rings is 1. The molecule has 2 aromatic carbocycles. The third-order valence-electron chi connectivity index (χ3n) is 6.46. The predicted octanol–water partition coefficient (Wildman–Crippen LogP) is 4.87. The van der Waals surface area contributed by atoms with Crippen molar-refractivity contribution < 1.29 is 4.79 Å². The Balaban J connectivity index is 1.81. The molecule has 170 valence electrons. The minimum atomic E-state index is -0.907. The fourth-order valence-electron chi connectivity index (χ4n) is 4.25. The Hall–Kier alpha value is -3.94. The van der Waals surface area contributed by atoms with Crippen molar-refractivity contribution in [1.82, 2.24) is 4.90 Å². The van der Waals surface area contributed by atoms with E-state index in [0.29, 0.717) is 5.56 Å². The highest BCUT2D eigenvalue weighted by Crippen LogP contribution is 2.47. The average molecular weight is 468 g/mol. The summed E-state index contributed by atoms with van der Waals surface area (Å²) in [5.41, 5.74) is 7.86. The number of benzene rings is 2. The molecule has 2 atom stereocenters. The first-order valence-electron chi connectivity index (χ1n) is 10.9. The van der Waals surface area contributed by atoms with Crippen molar-refractivity contribution >= 4 is 23.2 Å². The van der Waals surface area contributed by atoms with E-state index in [-0.39, 0.29) is 11.9 Å². The molecule has 1 aromatic heterocycles. The Morgan fingerprint density at radius 1 is 1.12 bits per heavy atom. The molecule has 0 spiro atoms. The van der Waals surface area contributed by atoms with Crippen molar-refractivity contribution in [3.05, 3.63) is 82.2 Å². The van der Waals surface area contributed by atoms with Crippen molar-refractivity contribution in [3.63, 3.8) is 0 Å². The second kappa shape index (κ2) is 8.44. The van der Waals surface area contributed by atoms with Crippen LogP contribution in [0.25, 0.3) is 10.4 Å². The van der Waals surface area contributed by atoms with Crippen LogP contribution in [0.1, 0.15) is 48.3 Å². The van der Waals surface area contributed by atoms with Crippen molar-refractivity contribution in [1.29, 1.82) is 10.5 Å². The van der Waals surface area contributed by atoms with Gasteiger partial charge in [0, 0.05) is 16.8 Å². The zero-order valence-corrected chi connectivity index (χ0v) is 20.4. The monoisotopic (exact) mass is 467 g/mol. The van der Waals surface area contributed by atoms with Crippen LogP contribution in [0.15, 0.2) is 65.7 Å². The van der Waals surface area contributed by atoms with Gasteiger partial charge in [-0.1, -0.05) is 36.4 Å². The first-order valence-corrected chi connectivity index (χ1v) is 11.7. The lowest BCUT2D eigenvalue weighted by molar-refractivity contribution is -0.130. The fraction of sp³-hybridized carbons (Fsp3) is 0.259. The standard InChI is InChI=1S/C27H25N5OS/c1-26(2,16-29)20-10-8-18(9-11-20)23-24(33)32(4)25(30)31-27(23,3)22-13-12-21(34-22)19-7-5-6-17(14-19)15-28/h5-14,23H,1-4H3,(H2,30,31)/t23?,27-/m1/s1. The van der Waals surface area contributed by atoms with E-state index in [0.717, 1.165) is 26.4 Å². The maximum Gasteiger partial charge on any atom is 0.239 e. The van der Waals surface area contributed by atoms with Gasteiger partial charge in [0.1, 0.15) is 5.54 Å². The highest BCUT2D eigenvalue weighted by atomic mass is 32.1. The summed E-state index contributed by atoms with van der Waals surface area (Å²) in [6.45, 7) is 5.67. The molecule has 2 N–H and O–H groups in total. The van der Waals surface area contributed by atoms with Crippen molar-refractivity contribution in [3.8, 4) is 22.6 Å². The van der Waals surface area contributed by atoms with Gasteiger partial charge in [-0.05, 0) is 61.7 Å². The van der Waals surface area contributed by atoms with E-state index in [4.69, 9.17) is 10.7 Å². The Morgan fingerprint density at radius 3 is 2.47 bits per heavy atom. The van der Waals surface area contributed by atoms with E-state index in [1.165, 1.54) is 16.2 Å². The fourth-order valence-corrected chi connectivity index (χ4v) is 5.38. The van der Waals surface area contributed by atoms with Crippen LogP contribution in [0, 0.1) is 22.7 Å². The van der Waals surface area contributed by atoms with Crippen LogP contribution in [-0.2, 0) is 15.7 Å². The molecule has 0 fully saturated rings. The summed E-state index contributed by atoms with van der Waals surface area (Å²) in [5.74, 6) is -0.544. The van der Waals surface area contributed by atoms with E-state index in [9.17, 15) is 15.3 Å². The number of nitrogens with two attached hydrogens (primary N) is 1. The maximum atomic E-state index is 13.5. The number of carbonyl (C=O) groups excluding carboxylic acids is 1. The minimum absolute atomic E-state index is 0.135. The number of hydrogen-bond acceptors (Lipinski definition) is 6. The summed E-state index contributed by atoms with van der Waals surface area (Å²) in [6.07, 6.45) is 0. The first-order chi connectivity index (χ1) is 16.1. The van der Waals surface area contributed by atoms with Gasteiger partial charge < -0.3 is 5.73 Å². The Kier molecular flexibility index (Phi) is 5.77. The zero-order valence-electron chi connectivity index (χ0n) is 19.5. The van der Waals surface area contributed by atoms with Gasteiger partial charge in [0.25, 0.3) is 0 Å².